The molecule has 1 aromatic carbocycles. The first-order valence-corrected chi connectivity index (χ1v) is 4.85. The Morgan fingerprint density at radius 1 is 1.57 bits per heavy atom. The number of hydrogen-bond donors (Lipinski definition) is 1. The number of phenols is 1. The number of ketones is 1. The molecule has 0 aliphatic rings. The zero-order valence-electron chi connectivity index (χ0n) is 8.22. The molecule has 0 heterocycles. The highest BCUT2D eigenvalue weighted by Crippen LogP contribution is 2.38. The summed E-state index contributed by atoms with van der Waals surface area (Å²) in [6, 6.07) is 1.64. The number of methoxy groups -OCH3 is 1. The van der Waals surface area contributed by atoms with Gasteiger partial charge in [0.05, 0.1) is 11.6 Å². The second-order valence-electron chi connectivity index (χ2n) is 2.99. The van der Waals surface area contributed by atoms with Crippen molar-refractivity contribution in [3.63, 3.8) is 0 Å². The molecule has 0 unspecified atom stereocenters. The molecule has 0 fully saturated rings. The Balaban J connectivity index is 3.49. The zero-order chi connectivity index (χ0) is 10.9. The van der Waals surface area contributed by atoms with E-state index in [9.17, 15) is 9.90 Å². The van der Waals surface area contributed by atoms with Gasteiger partial charge in [-0.1, -0.05) is 0 Å². The summed E-state index contributed by atoms with van der Waals surface area (Å²) in [7, 11) is 1.47. The molecule has 14 heavy (non-hydrogen) atoms. The predicted molar refractivity (Wildman–Crippen MR) is 57.1 cm³/mol. The molecule has 0 aliphatic heterocycles. The Morgan fingerprint density at radius 3 is 2.57 bits per heavy atom. The molecular formula is C10H11BrO3. The largest absolute Gasteiger partial charge is 0.503 e. The van der Waals surface area contributed by atoms with Gasteiger partial charge in [-0.3, -0.25) is 4.79 Å². The number of ether oxygens (including phenoxy) is 1. The maximum absolute atomic E-state index is 11.3. The van der Waals surface area contributed by atoms with Crippen molar-refractivity contribution in [2.75, 3.05) is 7.11 Å². The van der Waals surface area contributed by atoms with Crippen LogP contribution in [0, 0.1) is 6.92 Å². The maximum atomic E-state index is 11.3. The third-order valence-corrected chi connectivity index (χ3v) is 2.75. The number of rotatable bonds is 2. The predicted octanol–water partition coefficient (Wildman–Crippen LogP) is 2.67. The minimum Gasteiger partial charge on any atom is -0.503 e. The van der Waals surface area contributed by atoms with Crippen molar-refractivity contribution in [1.29, 1.82) is 0 Å². The standard InChI is InChI=1S/C10H11BrO3/c1-5-4-7(14-3)10(13)9(11)8(5)6(2)12/h4,13H,1-3H3. The Bertz CT molecular complexity index is 385. The Hall–Kier alpha value is -1.03. The van der Waals surface area contributed by atoms with Crippen molar-refractivity contribution >= 4 is 21.7 Å². The Morgan fingerprint density at radius 2 is 2.14 bits per heavy atom. The number of carbonyl (C=O) groups is 1. The van der Waals surface area contributed by atoms with Gasteiger partial charge in [-0.15, -0.1) is 0 Å². The van der Waals surface area contributed by atoms with E-state index in [0.29, 0.717) is 15.8 Å². The fourth-order valence-electron chi connectivity index (χ4n) is 1.32. The number of benzene rings is 1. The molecular weight excluding hydrogens is 248 g/mol. The zero-order valence-corrected chi connectivity index (χ0v) is 9.81. The lowest BCUT2D eigenvalue weighted by Crippen LogP contribution is -1.99. The molecule has 1 N–H and O–H groups in total. The molecule has 0 saturated heterocycles. The minimum absolute atomic E-state index is 0.0386. The molecule has 0 bridgehead atoms. The normalized spacial score (nSPS) is 10.0. The number of aryl methyl sites for hydroxylation is 1. The molecule has 1 rings (SSSR count). The van der Waals surface area contributed by atoms with Crippen LogP contribution in [0.1, 0.15) is 22.8 Å². The molecule has 0 saturated carbocycles. The van der Waals surface area contributed by atoms with Crippen LogP contribution in [0.25, 0.3) is 0 Å². The SMILES string of the molecule is COc1cc(C)c(C(C)=O)c(Br)c1O. The van der Waals surface area contributed by atoms with Gasteiger partial charge in [0.15, 0.2) is 17.3 Å². The smallest absolute Gasteiger partial charge is 0.172 e. The molecule has 4 heteroatoms. The molecule has 1 aromatic rings. The van der Waals surface area contributed by atoms with Gasteiger partial charge in [-0.05, 0) is 41.4 Å². The molecule has 0 spiro atoms. The number of carbonyl (C=O) groups excluding carboxylic acids is 1. The lowest BCUT2D eigenvalue weighted by molar-refractivity contribution is 0.101. The number of phenolic OH excluding ortho intramolecular Hbond substituents is 1. The molecule has 0 radical (unpaired) electrons. The van der Waals surface area contributed by atoms with Crippen LogP contribution in [-0.4, -0.2) is 18.0 Å². The van der Waals surface area contributed by atoms with Crippen molar-refractivity contribution in [3.05, 3.63) is 21.7 Å². The third kappa shape index (κ3) is 1.75. The van der Waals surface area contributed by atoms with Gasteiger partial charge >= 0.3 is 0 Å². The first-order chi connectivity index (χ1) is 6.49. The molecule has 0 atom stereocenters. The van der Waals surface area contributed by atoms with Gasteiger partial charge in [0.2, 0.25) is 0 Å². The highest BCUT2D eigenvalue weighted by molar-refractivity contribution is 9.10. The minimum atomic E-state index is -0.0904. The van der Waals surface area contributed by atoms with Crippen molar-refractivity contribution in [2.45, 2.75) is 13.8 Å². The van der Waals surface area contributed by atoms with E-state index in [-0.39, 0.29) is 11.5 Å². The molecule has 0 aromatic heterocycles. The summed E-state index contributed by atoms with van der Waals surface area (Å²) in [5.74, 6) is 0.231. The fraction of sp³-hybridized carbons (Fsp3) is 0.300. The summed E-state index contributed by atoms with van der Waals surface area (Å²) in [5, 5.41) is 9.63. The van der Waals surface area contributed by atoms with Crippen LogP contribution in [0.3, 0.4) is 0 Å². The van der Waals surface area contributed by atoms with E-state index in [4.69, 9.17) is 4.74 Å². The Kier molecular flexibility index (Phi) is 3.16. The van der Waals surface area contributed by atoms with E-state index < -0.39 is 0 Å². The summed E-state index contributed by atoms with van der Waals surface area (Å²) in [6.45, 7) is 3.25. The highest BCUT2D eigenvalue weighted by Gasteiger charge is 2.16. The van der Waals surface area contributed by atoms with Crippen molar-refractivity contribution < 1.29 is 14.6 Å². The second-order valence-corrected chi connectivity index (χ2v) is 3.78. The number of hydrogen-bond acceptors (Lipinski definition) is 3. The van der Waals surface area contributed by atoms with Crippen molar-refractivity contribution in [2.24, 2.45) is 0 Å². The number of aromatic hydroxyl groups is 1. The van der Waals surface area contributed by atoms with E-state index in [0.717, 1.165) is 5.56 Å². The fourth-order valence-corrected chi connectivity index (χ4v) is 2.11. The van der Waals surface area contributed by atoms with Crippen LogP contribution < -0.4 is 4.74 Å². The van der Waals surface area contributed by atoms with Crippen LogP contribution in [0.2, 0.25) is 0 Å². The van der Waals surface area contributed by atoms with Crippen LogP contribution in [0.15, 0.2) is 10.5 Å². The van der Waals surface area contributed by atoms with E-state index in [2.05, 4.69) is 15.9 Å². The highest BCUT2D eigenvalue weighted by atomic mass is 79.9. The van der Waals surface area contributed by atoms with Gasteiger partial charge in [0.25, 0.3) is 0 Å². The molecule has 0 aliphatic carbocycles. The summed E-state index contributed by atoms with van der Waals surface area (Å²) in [5.41, 5.74) is 1.27. The average molecular weight is 259 g/mol. The van der Waals surface area contributed by atoms with Crippen LogP contribution in [0.4, 0.5) is 0 Å². The third-order valence-electron chi connectivity index (χ3n) is 1.97. The Labute approximate surface area is 90.8 Å². The van der Waals surface area contributed by atoms with E-state index in [1.807, 2.05) is 0 Å². The number of Topliss-reactive ketones (excluding diaryl/α,β-unsaturated/α-hetero) is 1. The van der Waals surface area contributed by atoms with E-state index >= 15 is 0 Å². The summed E-state index contributed by atoms with van der Waals surface area (Å²) < 4.78 is 5.34. The average Bonchev–Trinajstić information content (AvgIpc) is 2.10. The molecule has 0 amide bonds. The van der Waals surface area contributed by atoms with Gasteiger partial charge in [-0.25, -0.2) is 0 Å². The lowest BCUT2D eigenvalue weighted by Gasteiger charge is -2.10. The molecule has 3 nitrogen and oxygen atoms in total. The summed E-state index contributed by atoms with van der Waals surface area (Å²) >= 11 is 3.17. The second kappa shape index (κ2) is 4.00. The maximum Gasteiger partial charge on any atom is 0.172 e. The van der Waals surface area contributed by atoms with Gasteiger partial charge in [0, 0.05) is 5.56 Å². The number of halogens is 1. The topological polar surface area (TPSA) is 46.5 Å². The van der Waals surface area contributed by atoms with Crippen molar-refractivity contribution in [3.8, 4) is 11.5 Å². The summed E-state index contributed by atoms with van der Waals surface area (Å²) in [4.78, 5) is 11.3. The van der Waals surface area contributed by atoms with Gasteiger partial charge < -0.3 is 9.84 Å². The summed E-state index contributed by atoms with van der Waals surface area (Å²) in [6.07, 6.45) is 0. The first-order valence-electron chi connectivity index (χ1n) is 4.06. The quantitative estimate of drug-likeness (QED) is 0.830. The van der Waals surface area contributed by atoms with E-state index in [1.54, 1.807) is 13.0 Å². The molecule has 76 valence electrons. The van der Waals surface area contributed by atoms with Crippen molar-refractivity contribution in [1.82, 2.24) is 0 Å². The van der Waals surface area contributed by atoms with Gasteiger partial charge in [0.1, 0.15) is 0 Å². The van der Waals surface area contributed by atoms with Crippen LogP contribution in [0.5, 0.6) is 11.5 Å². The van der Waals surface area contributed by atoms with Crippen LogP contribution >= 0.6 is 15.9 Å². The van der Waals surface area contributed by atoms with E-state index in [1.165, 1.54) is 14.0 Å². The van der Waals surface area contributed by atoms with Crippen LogP contribution in [-0.2, 0) is 0 Å². The monoisotopic (exact) mass is 258 g/mol. The lowest BCUT2D eigenvalue weighted by atomic mass is 10.0. The van der Waals surface area contributed by atoms with Gasteiger partial charge in [-0.2, -0.15) is 0 Å². The first kappa shape index (κ1) is 11.0.